The largest absolute Gasteiger partial charge is 0.508 e. The second kappa shape index (κ2) is 7.47. The van der Waals surface area contributed by atoms with Gasteiger partial charge in [-0.25, -0.2) is 0 Å². The Balaban J connectivity index is 1.50. The predicted octanol–water partition coefficient (Wildman–Crippen LogP) is 6.89. The molecular formula is C31H36O3. The van der Waals surface area contributed by atoms with Crippen molar-refractivity contribution in [2.75, 3.05) is 0 Å². The Morgan fingerprint density at radius 3 is 2.18 bits per heavy atom. The monoisotopic (exact) mass is 456 g/mol. The third-order valence-electron chi connectivity index (χ3n) is 11.0. The molecule has 0 aromatic heterocycles. The van der Waals surface area contributed by atoms with Crippen molar-refractivity contribution in [3.05, 3.63) is 71.8 Å². The van der Waals surface area contributed by atoms with E-state index in [2.05, 4.69) is 44.2 Å². The molecule has 0 spiro atoms. The Morgan fingerprint density at radius 2 is 1.47 bits per heavy atom. The van der Waals surface area contributed by atoms with Crippen molar-refractivity contribution < 1.29 is 15.0 Å². The van der Waals surface area contributed by atoms with Crippen LogP contribution in [0.3, 0.4) is 0 Å². The summed E-state index contributed by atoms with van der Waals surface area (Å²) in [5, 5.41) is 20.0. The summed E-state index contributed by atoms with van der Waals surface area (Å²) in [6.07, 6.45) is 11.8. The Labute approximate surface area is 202 Å². The van der Waals surface area contributed by atoms with E-state index in [-0.39, 0.29) is 16.2 Å². The molecule has 2 aromatic rings. The van der Waals surface area contributed by atoms with Crippen LogP contribution in [0.1, 0.15) is 75.8 Å². The van der Waals surface area contributed by atoms with Gasteiger partial charge in [-0.05, 0) is 114 Å². The fraction of sp³-hybridized carbons (Fsp3) is 0.516. The van der Waals surface area contributed by atoms with Crippen molar-refractivity contribution >= 4 is 5.78 Å². The molecule has 3 heteroatoms. The third-order valence-corrected chi connectivity index (χ3v) is 11.0. The third kappa shape index (κ3) is 2.85. The molecule has 4 aliphatic rings. The molecular weight excluding hydrogens is 420 g/mol. The zero-order valence-electron chi connectivity index (χ0n) is 20.3. The van der Waals surface area contributed by atoms with Crippen LogP contribution >= 0.6 is 0 Å². The molecule has 0 bridgehead atoms. The zero-order chi connectivity index (χ0) is 23.7. The highest BCUT2D eigenvalue weighted by Crippen LogP contribution is 2.74. The lowest BCUT2D eigenvalue weighted by atomic mass is 9.39. The summed E-state index contributed by atoms with van der Waals surface area (Å²) in [6.45, 7) is 4.95. The van der Waals surface area contributed by atoms with Gasteiger partial charge in [0.1, 0.15) is 11.5 Å². The maximum absolute atomic E-state index is 12.3. The summed E-state index contributed by atoms with van der Waals surface area (Å²) < 4.78 is 0. The Kier molecular flexibility index (Phi) is 4.82. The molecule has 6 rings (SSSR count). The lowest BCUT2D eigenvalue weighted by Gasteiger charge is -2.64. The zero-order valence-corrected chi connectivity index (χ0v) is 20.3. The topological polar surface area (TPSA) is 57.5 Å². The number of phenols is 2. The average Bonchev–Trinajstić information content (AvgIpc) is 3.14. The van der Waals surface area contributed by atoms with Crippen molar-refractivity contribution in [2.24, 2.45) is 28.6 Å². The maximum atomic E-state index is 12.3. The van der Waals surface area contributed by atoms with Gasteiger partial charge in [0.2, 0.25) is 0 Å². The van der Waals surface area contributed by atoms with Gasteiger partial charge in [-0.1, -0.05) is 44.2 Å². The first kappa shape index (κ1) is 21.9. The van der Waals surface area contributed by atoms with Gasteiger partial charge >= 0.3 is 0 Å². The fourth-order valence-corrected chi connectivity index (χ4v) is 9.33. The normalized spacial score (nSPS) is 40.9. The molecule has 0 amide bonds. The Hall–Kier alpha value is -2.55. The number of hydrogen-bond donors (Lipinski definition) is 2. The van der Waals surface area contributed by atoms with Crippen molar-refractivity contribution in [2.45, 2.75) is 70.1 Å². The SMILES string of the molecule is C[C@]12C=CC(=O)CC1CC[C@@H]1[C@H]2CC[C@]2(C)C(c3ccc(O)cc3)CC[C@@]12c1ccc(O)cc1. The first-order valence-electron chi connectivity index (χ1n) is 13.1. The van der Waals surface area contributed by atoms with E-state index >= 15 is 0 Å². The van der Waals surface area contributed by atoms with Crippen LogP contribution in [0.15, 0.2) is 60.7 Å². The van der Waals surface area contributed by atoms with Gasteiger partial charge in [-0.3, -0.25) is 4.79 Å². The van der Waals surface area contributed by atoms with Gasteiger partial charge in [0.15, 0.2) is 5.78 Å². The van der Waals surface area contributed by atoms with E-state index in [1.165, 1.54) is 24.0 Å². The average molecular weight is 457 g/mol. The Morgan fingerprint density at radius 1 is 0.794 bits per heavy atom. The summed E-state index contributed by atoms with van der Waals surface area (Å²) in [7, 11) is 0. The van der Waals surface area contributed by atoms with Gasteiger partial charge < -0.3 is 10.2 Å². The summed E-state index contributed by atoms with van der Waals surface area (Å²) >= 11 is 0. The molecule has 34 heavy (non-hydrogen) atoms. The van der Waals surface area contributed by atoms with Gasteiger partial charge in [0.05, 0.1) is 0 Å². The molecule has 2 aromatic carbocycles. The van der Waals surface area contributed by atoms with E-state index in [4.69, 9.17) is 0 Å². The number of fused-ring (bicyclic) bond motifs is 5. The minimum atomic E-state index is 0.0371. The number of carbonyl (C=O) groups is 1. The Bertz CT molecular complexity index is 1130. The maximum Gasteiger partial charge on any atom is 0.155 e. The quantitative estimate of drug-likeness (QED) is 0.517. The lowest BCUT2D eigenvalue weighted by molar-refractivity contribution is -0.124. The highest BCUT2D eigenvalue weighted by molar-refractivity contribution is 5.91. The van der Waals surface area contributed by atoms with E-state index < -0.39 is 0 Å². The van der Waals surface area contributed by atoms with Gasteiger partial charge in [-0.2, -0.15) is 0 Å². The molecule has 3 saturated carbocycles. The molecule has 2 unspecified atom stereocenters. The molecule has 0 heterocycles. The highest BCUT2D eigenvalue weighted by Gasteiger charge is 2.67. The molecule has 7 atom stereocenters. The second-order valence-corrected chi connectivity index (χ2v) is 12.0. The molecule has 0 radical (unpaired) electrons. The number of aromatic hydroxyl groups is 2. The van der Waals surface area contributed by atoms with Crippen LogP contribution in [0.4, 0.5) is 0 Å². The standard InChI is InChI=1S/C31H36O3/c1-29-16-13-25(34)19-22(29)7-12-28-27(29)14-17-30(2)26(20-3-8-23(32)9-4-20)15-18-31(28,30)21-5-10-24(33)11-6-21/h3-6,8-11,13,16,22,26-28,32-33H,7,12,14-15,17-19H2,1-2H3/t22?,26?,27-,28-,29+,30-,31-/m1/s1. The van der Waals surface area contributed by atoms with E-state index in [0.717, 1.165) is 25.7 Å². The molecule has 4 aliphatic carbocycles. The summed E-state index contributed by atoms with van der Waals surface area (Å²) in [4.78, 5) is 12.3. The van der Waals surface area contributed by atoms with E-state index in [1.54, 1.807) is 0 Å². The second-order valence-electron chi connectivity index (χ2n) is 12.0. The lowest BCUT2D eigenvalue weighted by Crippen LogP contribution is -2.59. The first-order chi connectivity index (χ1) is 16.3. The van der Waals surface area contributed by atoms with Crippen LogP contribution in [0.25, 0.3) is 0 Å². The molecule has 3 nitrogen and oxygen atoms in total. The number of hydrogen-bond acceptors (Lipinski definition) is 3. The fourth-order valence-electron chi connectivity index (χ4n) is 9.33. The van der Waals surface area contributed by atoms with E-state index in [0.29, 0.717) is 47.4 Å². The summed E-state index contributed by atoms with van der Waals surface area (Å²) in [5.74, 6) is 2.96. The summed E-state index contributed by atoms with van der Waals surface area (Å²) in [6, 6.07) is 16.0. The van der Waals surface area contributed by atoms with E-state index in [1.807, 2.05) is 30.3 Å². The number of rotatable bonds is 2. The van der Waals surface area contributed by atoms with Crippen LogP contribution in [0.5, 0.6) is 11.5 Å². The number of ketones is 1. The van der Waals surface area contributed by atoms with Gasteiger partial charge in [0.25, 0.3) is 0 Å². The van der Waals surface area contributed by atoms with Crippen LogP contribution < -0.4 is 0 Å². The van der Waals surface area contributed by atoms with Crippen molar-refractivity contribution in [1.29, 1.82) is 0 Å². The van der Waals surface area contributed by atoms with Crippen LogP contribution in [-0.2, 0) is 10.2 Å². The highest BCUT2D eigenvalue weighted by atomic mass is 16.3. The van der Waals surface area contributed by atoms with Crippen molar-refractivity contribution in [3.63, 3.8) is 0 Å². The van der Waals surface area contributed by atoms with Crippen LogP contribution in [0, 0.1) is 28.6 Å². The predicted molar refractivity (Wildman–Crippen MR) is 134 cm³/mol. The number of carbonyl (C=O) groups excluding carboxylic acids is 1. The molecule has 178 valence electrons. The molecule has 3 fully saturated rings. The van der Waals surface area contributed by atoms with Gasteiger partial charge in [0, 0.05) is 11.8 Å². The van der Waals surface area contributed by atoms with Gasteiger partial charge in [-0.15, -0.1) is 0 Å². The smallest absolute Gasteiger partial charge is 0.155 e. The number of benzene rings is 2. The number of phenolic OH excluding ortho intramolecular Hbond substituents is 2. The van der Waals surface area contributed by atoms with E-state index in [9.17, 15) is 15.0 Å². The van der Waals surface area contributed by atoms with Crippen molar-refractivity contribution in [1.82, 2.24) is 0 Å². The van der Waals surface area contributed by atoms with Crippen LogP contribution in [-0.4, -0.2) is 16.0 Å². The van der Waals surface area contributed by atoms with Crippen LogP contribution in [0.2, 0.25) is 0 Å². The molecule has 2 N–H and O–H groups in total. The minimum absolute atomic E-state index is 0.0371. The summed E-state index contributed by atoms with van der Waals surface area (Å²) in [5.41, 5.74) is 2.93. The minimum Gasteiger partial charge on any atom is -0.508 e. The molecule has 0 aliphatic heterocycles. The first-order valence-corrected chi connectivity index (χ1v) is 13.1. The molecule has 0 saturated heterocycles. The number of allylic oxidation sites excluding steroid dienone is 2. The van der Waals surface area contributed by atoms with Crippen molar-refractivity contribution in [3.8, 4) is 11.5 Å².